The standard InChI is InChI=1S/C7H11NO/c1-9-6-7(5-8)3-2-4-7/h2-4,6H2,1H3. The predicted molar refractivity (Wildman–Crippen MR) is 33.8 cm³/mol. The second-order valence-electron chi connectivity index (χ2n) is 2.68. The van der Waals surface area contributed by atoms with Gasteiger partial charge in [-0.05, 0) is 12.8 Å². The summed E-state index contributed by atoms with van der Waals surface area (Å²) in [7, 11) is 1.65. The first-order chi connectivity index (χ1) is 4.33. The van der Waals surface area contributed by atoms with Crippen molar-refractivity contribution in [3.8, 4) is 6.07 Å². The van der Waals surface area contributed by atoms with Crippen molar-refractivity contribution >= 4 is 0 Å². The lowest BCUT2D eigenvalue weighted by molar-refractivity contribution is 0.0623. The van der Waals surface area contributed by atoms with E-state index in [1.54, 1.807) is 7.11 Å². The van der Waals surface area contributed by atoms with Gasteiger partial charge in [0, 0.05) is 7.11 Å². The second-order valence-corrected chi connectivity index (χ2v) is 2.68. The summed E-state index contributed by atoms with van der Waals surface area (Å²) in [6.07, 6.45) is 3.24. The maximum Gasteiger partial charge on any atom is 0.0806 e. The molecular weight excluding hydrogens is 114 g/mol. The summed E-state index contributed by atoms with van der Waals surface area (Å²) in [5, 5.41) is 8.64. The number of rotatable bonds is 2. The van der Waals surface area contributed by atoms with E-state index < -0.39 is 0 Å². The van der Waals surface area contributed by atoms with Crippen LogP contribution in [-0.2, 0) is 4.74 Å². The molecule has 9 heavy (non-hydrogen) atoms. The van der Waals surface area contributed by atoms with E-state index in [0.29, 0.717) is 6.61 Å². The molecular formula is C7H11NO. The Labute approximate surface area is 55.4 Å². The Bertz CT molecular complexity index is 132. The van der Waals surface area contributed by atoms with Crippen LogP contribution in [0.5, 0.6) is 0 Å². The molecule has 0 aliphatic heterocycles. The summed E-state index contributed by atoms with van der Waals surface area (Å²) in [5.41, 5.74) is -0.102. The van der Waals surface area contributed by atoms with Crippen molar-refractivity contribution in [1.29, 1.82) is 5.26 Å². The van der Waals surface area contributed by atoms with Gasteiger partial charge in [-0.2, -0.15) is 5.26 Å². The molecule has 0 amide bonds. The van der Waals surface area contributed by atoms with E-state index >= 15 is 0 Å². The number of methoxy groups -OCH3 is 1. The Hall–Kier alpha value is -0.550. The Morgan fingerprint density at radius 3 is 2.44 bits per heavy atom. The topological polar surface area (TPSA) is 33.0 Å². The molecule has 0 bridgehead atoms. The van der Waals surface area contributed by atoms with Crippen LogP contribution in [-0.4, -0.2) is 13.7 Å². The van der Waals surface area contributed by atoms with Crippen molar-refractivity contribution in [2.75, 3.05) is 13.7 Å². The molecule has 2 heteroatoms. The zero-order valence-electron chi connectivity index (χ0n) is 5.68. The molecule has 0 aromatic carbocycles. The number of hydrogen-bond acceptors (Lipinski definition) is 2. The fourth-order valence-corrected chi connectivity index (χ4v) is 1.17. The Morgan fingerprint density at radius 1 is 1.67 bits per heavy atom. The molecule has 1 rings (SSSR count). The maximum absolute atomic E-state index is 8.64. The molecule has 0 unspecified atom stereocenters. The monoisotopic (exact) mass is 125 g/mol. The Balaban J connectivity index is 2.40. The summed E-state index contributed by atoms with van der Waals surface area (Å²) in [4.78, 5) is 0. The second kappa shape index (κ2) is 2.36. The molecule has 0 atom stereocenters. The van der Waals surface area contributed by atoms with E-state index in [-0.39, 0.29) is 5.41 Å². The average molecular weight is 125 g/mol. The van der Waals surface area contributed by atoms with Crippen LogP contribution in [0.4, 0.5) is 0 Å². The average Bonchev–Trinajstić information content (AvgIpc) is 1.79. The first-order valence-corrected chi connectivity index (χ1v) is 3.23. The molecule has 50 valence electrons. The minimum absolute atomic E-state index is 0.102. The molecule has 1 aliphatic rings. The third kappa shape index (κ3) is 1.06. The number of nitriles is 1. The van der Waals surface area contributed by atoms with Crippen molar-refractivity contribution in [3.05, 3.63) is 0 Å². The van der Waals surface area contributed by atoms with Crippen LogP contribution < -0.4 is 0 Å². The third-order valence-electron chi connectivity index (χ3n) is 1.97. The molecule has 0 heterocycles. The SMILES string of the molecule is COCC1(C#N)CCC1. The minimum Gasteiger partial charge on any atom is -0.383 e. The highest BCUT2D eigenvalue weighted by molar-refractivity contribution is 5.04. The summed E-state index contributed by atoms with van der Waals surface area (Å²) >= 11 is 0. The van der Waals surface area contributed by atoms with Gasteiger partial charge >= 0.3 is 0 Å². The zero-order valence-corrected chi connectivity index (χ0v) is 5.68. The van der Waals surface area contributed by atoms with Crippen LogP contribution in [0, 0.1) is 16.7 Å². The van der Waals surface area contributed by atoms with Gasteiger partial charge in [0.1, 0.15) is 0 Å². The van der Waals surface area contributed by atoms with Crippen LogP contribution in [0.15, 0.2) is 0 Å². The highest BCUT2D eigenvalue weighted by Crippen LogP contribution is 2.39. The predicted octanol–water partition coefficient (Wildman–Crippen LogP) is 1.33. The molecule has 1 saturated carbocycles. The zero-order chi connectivity index (χ0) is 6.74. The van der Waals surface area contributed by atoms with Gasteiger partial charge in [0.15, 0.2) is 0 Å². The van der Waals surface area contributed by atoms with Crippen molar-refractivity contribution < 1.29 is 4.74 Å². The molecule has 1 fully saturated rings. The van der Waals surface area contributed by atoms with Gasteiger partial charge in [-0.15, -0.1) is 0 Å². The Kier molecular flexibility index (Phi) is 1.73. The lowest BCUT2D eigenvalue weighted by Gasteiger charge is -2.33. The summed E-state index contributed by atoms with van der Waals surface area (Å²) < 4.78 is 4.92. The first-order valence-electron chi connectivity index (χ1n) is 3.23. The summed E-state index contributed by atoms with van der Waals surface area (Å²) in [6, 6.07) is 2.29. The molecule has 0 radical (unpaired) electrons. The lowest BCUT2D eigenvalue weighted by Crippen LogP contribution is -2.32. The molecule has 2 nitrogen and oxygen atoms in total. The van der Waals surface area contributed by atoms with Gasteiger partial charge in [0.05, 0.1) is 18.1 Å². The van der Waals surface area contributed by atoms with Gasteiger partial charge < -0.3 is 4.74 Å². The third-order valence-corrected chi connectivity index (χ3v) is 1.97. The largest absolute Gasteiger partial charge is 0.383 e. The molecule has 0 N–H and O–H groups in total. The molecule has 0 saturated heterocycles. The van der Waals surface area contributed by atoms with E-state index in [1.807, 2.05) is 0 Å². The molecule has 0 aromatic heterocycles. The molecule has 0 spiro atoms. The van der Waals surface area contributed by atoms with Crippen molar-refractivity contribution in [2.24, 2.45) is 5.41 Å². The van der Waals surface area contributed by atoms with Crippen LogP contribution in [0.25, 0.3) is 0 Å². The van der Waals surface area contributed by atoms with Crippen molar-refractivity contribution in [1.82, 2.24) is 0 Å². The van der Waals surface area contributed by atoms with Crippen LogP contribution in [0.3, 0.4) is 0 Å². The van der Waals surface area contributed by atoms with E-state index in [2.05, 4.69) is 6.07 Å². The Morgan fingerprint density at radius 2 is 2.33 bits per heavy atom. The minimum atomic E-state index is -0.102. The van der Waals surface area contributed by atoms with Crippen LogP contribution >= 0.6 is 0 Å². The molecule has 0 aromatic rings. The van der Waals surface area contributed by atoms with Crippen molar-refractivity contribution in [2.45, 2.75) is 19.3 Å². The highest BCUT2D eigenvalue weighted by atomic mass is 16.5. The number of ether oxygens (including phenoxy) is 1. The van der Waals surface area contributed by atoms with Gasteiger partial charge in [-0.1, -0.05) is 6.42 Å². The highest BCUT2D eigenvalue weighted by Gasteiger charge is 2.36. The summed E-state index contributed by atoms with van der Waals surface area (Å²) in [6.45, 7) is 0.615. The van der Waals surface area contributed by atoms with E-state index in [9.17, 15) is 0 Å². The fourth-order valence-electron chi connectivity index (χ4n) is 1.17. The number of hydrogen-bond donors (Lipinski definition) is 0. The smallest absolute Gasteiger partial charge is 0.0806 e. The number of nitrogens with zero attached hydrogens (tertiary/aromatic N) is 1. The summed E-state index contributed by atoms with van der Waals surface area (Å²) in [5.74, 6) is 0. The first kappa shape index (κ1) is 6.57. The maximum atomic E-state index is 8.64. The van der Waals surface area contributed by atoms with Gasteiger partial charge in [0.2, 0.25) is 0 Å². The van der Waals surface area contributed by atoms with Crippen molar-refractivity contribution in [3.63, 3.8) is 0 Å². The van der Waals surface area contributed by atoms with Crippen LogP contribution in [0.2, 0.25) is 0 Å². The van der Waals surface area contributed by atoms with E-state index in [1.165, 1.54) is 6.42 Å². The molecule has 1 aliphatic carbocycles. The van der Waals surface area contributed by atoms with E-state index in [4.69, 9.17) is 10.00 Å². The van der Waals surface area contributed by atoms with Gasteiger partial charge in [-0.3, -0.25) is 0 Å². The van der Waals surface area contributed by atoms with Crippen LogP contribution in [0.1, 0.15) is 19.3 Å². The quantitative estimate of drug-likeness (QED) is 0.557. The fraction of sp³-hybridized carbons (Fsp3) is 0.857. The normalized spacial score (nSPS) is 22.2. The van der Waals surface area contributed by atoms with Gasteiger partial charge in [-0.25, -0.2) is 0 Å². The lowest BCUT2D eigenvalue weighted by atomic mass is 9.71. The van der Waals surface area contributed by atoms with Gasteiger partial charge in [0.25, 0.3) is 0 Å². The van der Waals surface area contributed by atoms with E-state index in [0.717, 1.165) is 12.8 Å².